The number of pyridine rings is 1. The Morgan fingerprint density at radius 3 is 2.80 bits per heavy atom. The number of aromatic nitrogens is 4. The molecule has 0 radical (unpaired) electrons. The highest BCUT2D eigenvalue weighted by molar-refractivity contribution is 5.19. The maximum absolute atomic E-state index is 13.2. The van der Waals surface area contributed by atoms with E-state index in [1.165, 1.54) is 18.6 Å². The predicted molar refractivity (Wildman–Crippen MR) is 72.3 cm³/mol. The zero-order valence-corrected chi connectivity index (χ0v) is 11.9. The summed E-state index contributed by atoms with van der Waals surface area (Å²) in [6, 6.07) is 1.29. The number of rotatable bonds is 5. The third-order valence-corrected chi connectivity index (χ3v) is 3.06. The van der Waals surface area contributed by atoms with Crippen molar-refractivity contribution >= 4 is 0 Å². The summed E-state index contributed by atoms with van der Waals surface area (Å²) in [4.78, 5) is 7.95. The summed E-state index contributed by atoms with van der Waals surface area (Å²) in [6.45, 7) is 6.52. The van der Waals surface area contributed by atoms with E-state index in [0.29, 0.717) is 17.3 Å². The van der Waals surface area contributed by atoms with E-state index >= 15 is 0 Å². The van der Waals surface area contributed by atoms with Gasteiger partial charge in [-0.2, -0.15) is 5.10 Å². The summed E-state index contributed by atoms with van der Waals surface area (Å²) in [5.74, 6) is 0.635. The van der Waals surface area contributed by atoms with E-state index < -0.39 is 11.4 Å². The van der Waals surface area contributed by atoms with Gasteiger partial charge >= 0.3 is 0 Å². The monoisotopic (exact) mass is 278 g/mol. The molecule has 20 heavy (non-hydrogen) atoms. The molecule has 6 heteroatoms. The molecule has 1 atom stereocenters. The number of halogens is 1. The molecule has 0 aliphatic rings. The lowest BCUT2D eigenvalue weighted by atomic mass is 9.93. The predicted octanol–water partition coefficient (Wildman–Crippen LogP) is 1.92. The largest absolute Gasteiger partial charge is 0.385 e. The standard InChI is InChI=1S/C14H19FN4O/c1-10(2)8-19-13(17-9-18-19)5-14(3,20)11-4-12(15)7-16-6-11/h4,6-7,9-10,20H,5,8H2,1-3H3. The van der Waals surface area contributed by atoms with Gasteiger partial charge in [-0.3, -0.25) is 4.98 Å². The molecule has 0 fully saturated rings. The van der Waals surface area contributed by atoms with E-state index in [1.807, 2.05) is 0 Å². The lowest BCUT2D eigenvalue weighted by molar-refractivity contribution is 0.0533. The van der Waals surface area contributed by atoms with E-state index in [0.717, 1.165) is 12.7 Å². The van der Waals surface area contributed by atoms with Gasteiger partial charge in [-0.25, -0.2) is 14.1 Å². The van der Waals surface area contributed by atoms with E-state index in [1.54, 1.807) is 11.6 Å². The smallest absolute Gasteiger partial charge is 0.141 e. The molecule has 0 aromatic carbocycles. The van der Waals surface area contributed by atoms with Crippen molar-refractivity contribution in [3.05, 3.63) is 42.0 Å². The van der Waals surface area contributed by atoms with E-state index in [4.69, 9.17) is 0 Å². The Balaban J connectivity index is 2.22. The van der Waals surface area contributed by atoms with Crippen LogP contribution in [0.15, 0.2) is 24.8 Å². The topological polar surface area (TPSA) is 63.8 Å². The molecule has 2 aromatic rings. The van der Waals surface area contributed by atoms with Gasteiger partial charge in [-0.15, -0.1) is 0 Å². The van der Waals surface area contributed by atoms with Crippen LogP contribution in [0.5, 0.6) is 0 Å². The number of hydrogen-bond acceptors (Lipinski definition) is 4. The SMILES string of the molecule is CC(C)Cn1ncnc1CC(C)(O)c1cncc(F)c1. The highest BCUT2D eigenvalue weighted by atomic mass is 19.1. The maximum Gasteiger partial charge on any atom is 0.141 e. The molecule has 0 aliphatic carbocycles. The molecular formula is C14H19FN4O. The van der Waals surface area contributed by atoms with Crippen molar-refractivity contribution in [1.29, 1.82) is 0 Å². The van der Waals surface area contributed by atoms with Gasteiger partial charge in [0.2, 0.25) is 0 Å². The average Bonchev–Trinajstić information content (AvgIpc) is 2.75. The van der Waals surface area contributed by atoms with Crippen molar-refractivity contribution < 1.29 is 9.50 Å². The van der Waals surface area contributed by atoms with Crippen molar-refractivity contribution in [2.45, 2.75) is 39.3 Å². The van der Waals surface area contributed by atoms with Gasteiger partial charge in [0.25, 0.3) is 0 Å². The first-order valence-corrected chi connectivity index (χ1v) is 6.58. The minimum atomic E-state index is -1.24. The minimum Gasteiger partial charge on any atom is -0.385 e. The van der Waals surface area contributed by atoms with Crippen LogP contribution in [-0.4, -0.2) is 24.9 Å². The van der Waals surface area contributed by atoms with Crippen LogP contribution in [0.1, 0.15) is 32.2 Å². The van der Waals surface area contributed by atoms with Crippen LogP contribution in [-0.2, 0) is 18.6 Å². The quantitative estimate of drug-likeness (QED) is 0.907. The molecule has 0 amide bonds. The van der Waals surface area contributed by atoms with Gasteiger partial charge in [0.15, 0.2) is 0 Å². The van der Waals surface area contributed by atoms with Crippen molar-refractivity contribution in [2.75, 3.05) is 0 Å². The maximum atomic E-state index is 13.2. The van der Waals surface area contributed by atoms with E-state index in [-0.39, 0.29) is 6.42 Å². The first kappa shape index (κ1) is 14.6. The first-order chi connectivity index (χ1) is 9.38. The first-order valence-electron chi connectivity index (χ1n) is 6.58. The Morgan fingerprint density at radius 1 is 1.40 bits per heavy atom. The van der Waals surface area contributed by atoms with Crippen molar-refractivity contribution in [1.82, 2.24) is 19.7 Å². The third kappa shape index (κ3) is 3.39. The normalized spacial score (nSPS) is 14.5. The fourth-order valence-electron chi connectivity index (χ4n) is 2.04. The van der Waals surface area contributed by atoms with Gasteiger partial charge in [-0.05, 0) is 18.9 Å². The highest BCUT2D eigenvalue weighted by Gasteiger charge is 2.27. The minimum absolute atomic E-state index is 0.255. The molecule has 0 bridgehead atoms. The molecule has 0 saturated carbocycles. The fraction of sp³-hybridized carbons (Fsp3) is 0.500. The molecule has 2 rings (SSSR count). The summed E-state index contributed by atoms with van der Waals surface area (Å²) in [5, 5.41) is 14.7. The second kappa shape index (κ2) is 5.66. The lowest BCUT2D eigenvalue weighted by Gasteiger charge is -2.23. The van der Waals surface area contributed by atoms with Gasteiger partial charge in [-0.1, -0.05) is 13.8 Å². The number of nitrogens with zero attached hydrogens (tertiary/aromatic N) is 4. The molecule has 0 spiro atoms. The number of hydrogen-bond donors (Lipinski definition) is 1. The van der Waals surface area contributed by atoms with Crippen LogP contribution in [0.4, 0.5) is 4.39 Å². The molecule has 2 aromatic heterocycles. The summed E-state index contributed by atoms with van der Waals surface area (Å²) >= 11 is 0. The van der Waals surface area contributed by atoms with Crippen LogP contribution in [0.2, 0.25) is 0 Å². The van der Waals surface area contributed by atoms with Crippen LogP contribution in [0.25, 0.3) is 0 Å². The second-order valence-electron chi connectivity index (χ2n) is 5.59. The molecule has 108 valence electrons. The van der Waals surface area contributed by atoms with Crippen molar-refractivity contribution in [3.63, 3.8) is 0 Å². The van der Waals surface area contributed by atoms with Crippen molar-refractivity contribution in [2.24, 2.45) is 5.92 Å². The van der Waals surface area contributed by atoms with Crippen LogP contribution < -0.4 is 0 Å². The van der Waals surface area contributed by atoms with E-state index in [2.05, 4.69) is 28.9 Å². The Hall–Kier alpha value is -1.82. The zero-order chi connectivity index (χ0) is 14.8. The fourth-order valence-corrected chi connectivity index (χ4v) is 2.04. The molecule has 0 saturated heterocycles. The summed E-state index contributed by atoms with van der Waals surface area (Å²) in [5.41, 5.74) is -0.812. The van der Waals surface area contributed by atoms with Crippen LogP contribution in [0.3, 0.4) is 0 Å². The Labute approximate surface area is 117 Å². The Kier molecular flexibility index (Phi) is 4.13. The Morgan fingerprint density at radius 2 is 2.15 bits per heavy atom. The second-order valence-corrected chi connectivity index (χ2v) is 5.59. The van der Waals surface area contributed by atoms with Gasteiger partial charge in [0.1, 0.15) is 18.0 Å². The highest BCUT2D eigenvalue weighted by Crippen LogP contribution is 2.24. The van der Waals surface area contributed by atoms with E-state index in [9.17, 15) is 9.50 Å². The van der Waals surface area contributed by atoms with Crippen LogP contribution in [0, 0.1) is 11.7 Å². The summed E-state index contributed by atoms with van der Waals surface area (Å²) in [7, 11) is 0. The van der Waals surface area contributed by atoms with Crippen LogP contribution >= 0.6 is 0 Å². The van der Waals surface area contributed by atoms with Crippen molar-refractivity contribution in [3.8, 4) is 0 Å². The van der Waals surface area contributed by atoms with Gasteiger partial charge in [0.05, 0.1) is 11.8 Å². The molecular weight excluding hydrogens is 259 g/mol. The molecule has 1 N–H and O–H groups in total. The summed E-state index contributed by atoms with van der Waals surface area (Å²) in [6.07, 6.45) is 4.30. The molecule has 5 nitrogen and oxygen atoms in total. The molecule has 2 heterocycles. The van der Waals surface area contributed by atoms with Gasteiger partial charge in [0, 0.05) is 24.7 Å². The third-order valence-electron chi connectivity index (χ3n) is 3.06. The van der Waals surface area contributed by atoms with Gasteiger partial charge < -0.3 is 5.11 Å². The zero-order valence-electron chi connectivity index (χ0n) is 11.9. The Bertz CT molecular complexity index is 580. The molecule has 1 unspecified atom stereocenters. The number of aliphatic hydroxyl groups is 1. The lowest BCUT2D eigenvalue weighted by Crippen LogP contribution is -2.27. The molecule has 0 aliphatic heterocycles. The average molecular weight is 278 g/mol. The summed E-state index contributed by atoms with van der Waals surface area (Å²) < 4.78 is 15.0.